The molecule has 0 aliphatic carbocycles. The van der Waals surface area contributed by atoms with Crippen molar-refractivity contribution in [2.45, 2.75) is 25.4 Å². The van der Waals surface area contributed by atoms with Crippen LogP contribution in [-0.4, -0.2) is 30.6 Å². The van der Waals surface area contributed by atoms with Gasteiger partial charge < -0.3 is 5.32 Å². The monoisotopic (exact) mass is 348 g/mol. The van der Waals surface area contributed by atoms with E-state index in [1.54, 1.807) is 12.1 Å². The predicted molar refractivity (Wildman–Crippen MR) is 106 cm³/mol. The Morgan fingerprint density at radius 3 is 2.65 bits per heavy atom. The van der Waals surface area contributed by atoms with Crippen LogP contribution in [0.5, 0.6) is 0 Å². The molecule has 0 aromatic heterocycles. The van der Waals surface area contributed by atoms with Crippen molar-refractivity contribution in [2.75, 3.05) is 19.6 Å². The highest BCUT2D eigenvalue weighted by atomic mass is 19.1. The summed E-state index contributed by atoms with van der Waals surface area (Å²) in [6.45, 7) is 4.07. The molecular weight excluding hydrogens is 323 g/mol. The van der Waals surface area contributed by atoms with Gasteiger partial charge in [0.05, 0.1) is 0 Å². The summed E-state index contributed by atoms with van der Waals surface area (Å²) in [6.07, 6.45) is 2.23. The number of fused-ring (bicyclic) bond motifs is 1. The van der Waals surface area contributed by atoms with Crippen molar-refractivity contribution in [3.63, 3.8) is 0 Å². The van der Waals surface area contributed by atoms with Gasteiger partial charge in [-0.1, -0.05) is 54.6 Å². The highest BCUT2D eigenvalue weighted by molar-refractivity contribution is 5.85. The predicted octanol–water partition coefficient (Wildman–Crippen LogP) is 4.39. The standard InChI is InChI=1S/C23H25FN2/c24-21-10-8-18(9-11-21)16-26-15-13-22(17-26)25-14-12-20-6-3-5-19-4-1-2-7-23(19)20/h1-11,22,25H,12-17H2. The number of benzene rings is 3. The molecule has 4 rings (SSSR count). The van der Waals surface area contributed by atoms with E-state index in [0.717, 1.165) is 32.6 Å². The van der Waals surface area contributed by atoms with Crippen LogP contribution in [0.4, 0.5) is 4.39 Å². The summed E-state index contributed by atoms with van der Waals surface area (Å²) in [7, 11) is 0. The average Bonchev–Trinajstić information content (AvgIpc) is 3.11. The topological polar surface area (TPSA) is 15.3 Å². The lowest BCUT2D eigenvalue weighted by Gasteiger charge is -2.17. The van der Waals surface area contributed by atoms with Gasteiger partial charge in [-0.15, -0.1) is 0 Å². The Morgan fingerprint density at radius 2 is 1.77 bits per heavy atom. The van der Waals surface area contributed by atoms with Gasteiger partial charge in [-0.2, -0.15) is 0 Å². The van der Waals surface area contributed by atoms with Crippen molar-refractivity contribution in [1.82, 2.24) is 10.2 Å². The van der Waals surface area contributed by atoms with E-state index in [-0.39, 0.29) is 5.82 Å². The minimum Gasteiger partial charge on any atom is -0.312 e. The largest absolute Gasteiger partial charge is 0.312 e. The third-order valence-electron chi connectivity index (χ3n) is 5.30. The maximum Gasteiger partial charge on any atom is 0.123 e. The molecule has 1 saturated heterocycles. The van der Waals surface area contributed by atoms with Crippen LogP contribution in [0.2, 0.25) is 0 Å². The zero-order valence-electron chi connectivity index (χ0n) is 15.0. The Kier molecular flexibility index (Phi) is 5.28. The van der Waals surface area contributed by atoms with E-state index in [9.17, 15) is 4.39 Å². The van der Waals surface area contributed by atoms with Gasteiger partial charge in [-0.25, -0.2) is 4.39 Å². The van der Waals surface area contributed by atoms with Crippen LogP contribution in [0.3, 0.4) is 0 Å². The van der Waals surface area contributed by atoms with Gasteiger partial charge in [0.15, 0.2) is 0 Å². The number of hydrogen-bond acceptors (Lipinski definition) is 2. The Morgan fingerprint density at radius 1 is 0.962 bits per heavy atom. The first-order chi connectivity index (χ1) is 12.8. The number of halogens is 1. The maximum atomic E-state index is 13.0. The first kappa shape index (κ1) is 17.2. The molecule has 1 N–H and O–H groups in total. The van der Waals surface area contributed by atoms with Crippen LogP contribution in [0.25, 0.3) is 10.8 Å². The van der Waals surface area contributed by atoms with Crippen molar-refractivity contribution in [3.05, 3.63) is 83.7 Å². The van der Waals surface area contributed by atoms with E-state index >= 15 is 0 Å². The minimum absolute atomic E-state index is 0.164. The second kappa shape index (κ2) is 7.98. The van der Waals surface area contributed by atoms with E-state index in [1.807, 2.05) is 12.1 Å². The molecule has 134 valence electrons. The first-order valence-corrected chi connectivity index (χ1v) is 9.45. The summed E-state index contributed by atoms with van der Waals surface area (Å²) in [4.78, 5) is 2.45. The molecule has 26 heavy (non-hydrogen) atoms. The van der Waals surface area contributed by atoms with Crippen molar-refractivity contribution < 1.29 is 4.39 Å². The van der Waals surface area contributed by atoms with Gasteiger partial charge in [0.1, 0.15) is 5.82 Å². The fourth-order valence-electron chi connectivity index (χ4n) is 3.91. The van der Waals surface area contributed by atoms with Gasteiger partial charge >= 0.3 is 0 Å². The highest BCUT2D eigenvalue weighted by Crippen LogP contribution is 2.19. The summed E-state index contributed by atoms with van der Waals surface area (Å²) in [5, 5.41) is 6.40. The van der Waals surface area contributed by atoms with Gasteiger partial charge in [0, 0.05) is 25.7 Å². The minimum atomic E-state index is -0.164. The summed E-state index contributed by atoms with van der Waals surface area (Å²) in [5.41, 5.74) is 2.60. The van der Waals surface area contributed by atoms with Gasteiger partial charge in [-0.3, -0.25) is 4.90 Å². The van der Waals surface area contributed by atoms with Gasteiger partial charge in [0.25, 0.3) is 0 Å². The second-order valence-corrected chi connectivity index (χ2v) is 7.19. The summed E-state index contributed by atoms with van der Waals surface area (Å²) < 4.78 is 13.0. The molecule has 1 fully saturated rings. The fraction of sp³-hybridized carbons (Fsp3) is 0.304. The Balaban J connectivity index is 1.27. The van der Waals surface area contributed by atoms with Crippen molar-refractivity contribution in [1.29, 1.82) is 0 Å². The van der Waals surface area contributed by atoms with Crippen LogP contribution in [-0.2, 0) is 13.0 Å². The molecule has 3 heteroatoms. The lowest BCUT2D eigenvalue weighted by Crippen LogP contribution is -2.33. The first-order valence-electron chi connectivity index (χ1n) is 9.45. The van der Waals surface area contributed by atoms with E-state index in [1.165, 1.54) is 28.3 Å². The van der Waals surface area contributed by atoms with Gasteiger partial charge in [0.2, 0.25) is 0 Å². The van der Waals surface area contributed by atoms with Crippen LogP contribution in [0.1, 0.15) is 17.5 Å². The lowest BCUT2D eigenvalue weighted by molar-refractivity contribution is 0.320. The van der Waals surface area contributed by atoms with E-state index in [4.69, 9.17) is 0 Å². The quantitative estimate of drug-likeness (QED) is 0.711. The molecular formula is C23H25FN2. The molecule has 2 nitrogen and oxygen atoms in total. The van der Waals surface area contributed by atoms with E-state index in [0.29, 0.717) is 6.04 Å². The molecule has 1 aliphatic rings. The van der Waals surface area contributed by atoms with Crippen LogP contribution >= 0.6 is 0 Å². The zero-order valence-corrected chi connectivity index (χ0v) is 15.0. The molecule has 0 bridgehead atoms. The molecule has 0 saturated carbocycles. The molecule has 1 atom stereocenters. The number of nitrogens with one attached hydrogen (secondary N) is 1. The second-order valence-electron chi connectivity index (χ2n) is 7.19. The molecule has 1 heterocycles. The Hall–Kier alpha value is -2.23. The normalized spacial score (nSPS) is 17.8. The molecule has 0 spiro atoms. The zero-order chi connectivity index (χ0) is 17.8. The van der Waals surface area contributed by atoms with Crippen molar-refractivity contribution in [2.24, 2.45) is 0 Å². The molecule has 0 radical (unpaired) electrons. The van der Waals surface area contributed by atoms with Crippen molar-refractivity contribution in [3.8, 4) is 0 Å². The molecule has 3 aromatic carbocycles. The van der Waals surface area contributed by atoms with Crippen LogP contribution in [0, 0.1) is 5.82 Å². The van der Waals surface area contributed by atoms with Crippen LogP contribution in [0.15, 0.2) is 66.7 Å². The maximum absolute atomic E-state index is 13.0. The summed E-state index contributed by atoms with van der Waals surface area (Å²) in [5.74, 6) is -0.164. The Bertz CT molecular complexity index is 854. The highest BCUT2D eigenvalue weighted by Gasteiger charge is 2.21. The fourth-order valence-corrected chi connectivity index (χ4v) is 3.91. The van der Waals surface area contributed by atoms with Gasteiger partial charge in [-0.05, 0) is 53.4 Å². The number of hydrogen-bond donors (Lipinski definition) is 1. The van der Waals surface area contributed by atoms with Crippen molar-refractivity contribution >= 4 is 10.8 Å². The third kappa shape index (κ3) is 4.12. The smallest absolute Gasteiger partial charge is 0.123 e. The third-order valence-corrected chi connectivity index (χ3v) is 5.30. The molecule has 1 unspecified atom stereocenters. The SMILES string of the molecule is Fc1ccc(CN2CCC(NCCc3cccc4ccccc34)C2)cc1. The molecule has 3 aromatic rings. The van der Waals surface area contributed by atoms with E-state index in [2.05, 4.69) is 52.7 Å². The van der Waals surface area contributed by atoms with E-state index < -0.39 is 0 Å². The summed E-state index contributed by atoms with van der Waals surface area (Å²) in [6, 6.07) is 22.6. The lowest BCUT2D eigenvalue weighted by atomic mass is 10.0. The average molecular weight is 348 g/mol. The molecule has 0 amide bonds. The summed E-state index contributed by atoms with van der Waals surface area (Å²) >= 11 is 0. The number of likely N-dealkylation sites (tertiary alicyclic amines) is 1. The van der Waals surface area contributed by atoms with Crippen LogP contribution < -0.4 is 5.32 Å². The number of nitrogens with zero attached hydrogens (tertiary/aromatic N) is 1. The number of rotatable bonds is 6. The Labute approximate surface area is 154 Å². The molecule has 1 aliphatic heterocycles.